The normalized spacial score (nSPS) is 54.9. The quantitative estimate of drug-likeness (QED) is 0.403. The second-order valence-electron chi connectivity index (χ2n) is 12.6. The fraction of sp³-hybridized carbons (Fsp3) is 0.714. The molecule has 2 aliphatic heterocycles. The Morgan fingerprint density at radius 3 is 2.50 bits per heavy atom. The molecule has 6 nitrogen and oxygen atoms in total. The number of rotatable bonds is 0. The molecule has 0 radical (unpaired) electrons. The number of fused-ring (bicyclic) bond motifs is 5. The molecule has 0 unspecified atom stereocenters. The smallest absolute Gasteiger partial charge is 0.334 e. The van der Waals surface area contributed by atoms with Crippen molar-refractivity contribution < 1.29 is 28.7 Å². The van der Waals surface area contributed by atoms with E-state index < -0.39 is 10.8 Å². The van der Waals surface area contributed by atoms with Gasteiger partial charge in [0.15, 0.2) is 5.78 Å². The number of Topliss-reactive ketones (excluding diaryl/α,β-unsaturated/α-hetero) is 1. The summed E-state index contributed by atoms with van der Waals surface area (Å²) in [5.74, 6) is 0.312. The average molecular weight is 465 g/mol. The van der Waals surface area contributed by atoms with Crippen molar-refractivity contribution in [2.75, 3.05) is 0 Å². The summed E-state index contributed by atoms with van der Waals surface area (Å²) in [6, 6.07) is 0. The van der Waals surface area contributed by atoms with Crippen molar-refractivity contribution in [3.05, 3.63) is 24.3 Å². The van der Waals surface area contributed by atoms with E-state index in [0.29, 0.717) is 37.7 Å². The number of allylic oxidation sites excluding steroid dienone is 2. The molecule has 5 aliphatic carbocycles. The van der Waals surface area contributed by atoms with E-state index in [2.05, 4.69) is 26.5 Å². The fourth-order valence-corrected chi connectivity index (χ4v) is 10.1. The van der Waals surface area contributed by atoms with Crippen molar-refractivity contribution in [3.8, 4) is 0 Å². The van der Waals surface area contributed by atoms with Crippen LogP contribution in [-0.2, 0) is 28.7 Å². The van der Waals surface area contributed by atoms with Crippen LogP contribution in [-0.4, -0.2) is 35.7 Å². The third-order valence-electron chi connectivity index (χ3n) is 11.4. The maximum Gasteiger partial charge on any atom is 0.334 e. The highest BCUT2D eigenvalue weighted by molar-refractivity contribution is 5.96. The largest absolute Gasteiger partial charge is 0.462 e. The van der Waals surface area contributed by atoms with Crippen molar-refractivity contribution in [3.63, 3.8) is 0 Å². The molecule has 0 aromatic carbocycles. The van der Waals surface area contributed by atoms with Crippen LogP contribution in [0.2, 0.25) is 0 Å². The van der Waals surface area contributed by atoms with E-state index in [0.717, 1.165) is 6.42 Å². The van der Waals surface area contributed by atoms with Crippen LogP contribution in [0.3, 0.4) is 0 Å². The predicted octanol–water partition coefficient (Wildman–Crippen LogP) is 3.44. The van der Waals surface area contributed by atoms with Gasteiger partial charge < -0.3 is 9.47 Å². The Bertz CT molecular complexity index is 1090. The van der Waals surface area contributed by atoms with Crippen LogP contribution in [0.4, 0.5) is 0 Å². The van der Waals surface area contributed by atoms with Crippen molar-refractivity contribution in [1.29, 1.82) is 0 Å². The highest BCUT2D eigenvalue weighted by Crippen LogP contribution is 2.75. The zero-order valence-corrected chi connectivity index (χ0v) is 19.8. The fourth-order valence-electron chi connectivity index (χ4n) is 10.1. The van der Waals surface area contributed by atoms with Gasteiger partial charge in [0.2, 0.25) is 0 Å². The van der Waals surface area contributed by atoms with Gasteiger partial charge in [0.25, 0.3) is 0 Å². The summed E-state index contributed by atoms with van der Waals surface area (Å²) in [6.45, 7) is 8.35. The van der Waals surface area contributed by atoms with Crippen LogP contribution in [0.5, 0.6) is 0 Å². The average Bonchev–Trinajstić information content (AvgIpc) is 3.46. The van der Waals surface area contributed by atoms with Gasteiger partial charge in [-0.05, 0) is 67.8 Å². The first-order valence-electron chi connectivity index (χ1n) is 13.0. The minimum absolute atomic E-state index is 0.0316. The van der Waals surface area contributed by atoms with E-state index in [4.69, 9.17) is 9.47 Å². The summed E-state index contributed by atoms with van der Waals surface area (Å²) in [7, 11) is 0. The van der Waals surface area contributed by atoms with Gasteiger partial charge >= 0.3 is 11.9 Å². The molecular weight excluding hydrogens is 432 g/mol. The number of esters is 2. The molecule has 2 heterocycles. The lowest BCUT2D eigenvalue weighted by molar-refractivity contribution is -0.153. The third kappa shape index (κ3) is 2.29. The lowest BCUT2D eigenvalue weighted by Crippen LogP contribution is -2.45. The second-order valence-corrected chi connectivity index (χ2v) is 12.6. The number of carbonyl (C=O) groups is 4. The van der Waals surface area contributed by atoms with Gasteiger partial charge in [0.1, 0.15) is 18.0 Å². The summed E-state index contributed by atoms with van der Waals surface area (Å²) in [4.78, 5) is 52.6. The zero-order chi connectivity index (χ0) is 23.7. The number of ether oxygens (including phenoxy) is 2. The van der Waals surface area contributed by atoms with E-state index in [1.54, 1.807) is 6.08 Å². The van der Waals surface area contributed by atoms with Gasteiger partial charge in [0, 0.05) is 35.2 Å². The molecule has 6 heteroatoms. The van der Waals surface area contributed by atoms with Crippen molar-refractivity contribution >= 4 is 23.5 Å². The van der Waals surface area contributed by atoms with Gasteiger partial charge in [-0.1, -0.05) is 26.5 Å². The molecule has 0 aromatic rings. The monoisotopic (exact) mass is 464 g/mol. The van der Waals surface area contributed by atoms with Crippen LogP contribution in [0.15, 0.2) is 24.3 Å². The molecule has 4 saturated carbocycles. The van der Waals surface area contributed by atoms with Crippen LogP contribution in [0.25, 0.3) is 0 Å². The first-order valence-corrected chi connectivity index (χ1v) is 13.0. The van der Waals surface area contributed by atoms with E-state index in [9.17, 15) is 19.2 Å². The molecule has 7 rings (SSSR count). The topological polar surface area (TPSA) is 86.7 Å². The Hall–Kier alpha value is -2.24. The molecule has 2 saturated heterocycles. The molecule has 0 aromatic heterocycles. The van der Waals surface area contributed by atoms with Gasteiger partial charge in [-0.3, -0.25) is 14.4 Å². The molecule has 0 amide bonds. The molecule has 2 bridgehead atoms. The summed E-state index contributed by atoms with van der Waals surface area (Å²) >= 11 is 0. The van der Waals surface area contributed by atoms with Crippen LogP contribution in [0.1, 0.15) is 52.4 Å². The molecule has 34 heavy (non-hydrogen) atoms. The third-order valence-corrected chi connectivity index (χ3v) is 11.4. The Balaban J connectivity index is 1.32. The van der Waals surface area contributed by atoms with Crippen LogP contribution < -0.4 is 0 Å². The van der Waals surface area contributed by atoms with Gasteiger partial charge in [0.05, 0.1) is 5.41 Å². The van der Waals surface area contributed by atoms with Crippen molar-refractivity contribution in [2.24, 2.45) is 58.2 Å². The Kier molecular flexibility index (Phi) is 4.03. The Labute approximate surface area is 199 Å². The van der Waals surface area contributed by atoms with Crippen LogP contribution >= 0.6 is 0 Å². The summed E-state index contributed by atoms with van der Waals surface area (Å²) in [5.41, 5.74) is -0.860. The minimum atomic E-state index is -0.702. The van der Waals surface area contributed by atoms with E-state index >= 15 is 0 Å². The molecule has 7 aliphatic rings. The lowest BCUT2D eigenvalue weighted by Gasteiger charge is -2.39. The SMILES string of the molecule is C=C1C(=O)O[C@@H]2C[C@@H](C)[C@@H]3[C@@H]4CC(=O)[C@@]3(C[C@H]12)C[C@@]41C(=O)O[C@@H]2C[C@@H](C)[C@@H]3C=CC(=O)[C@@H]3C[C@@H]21. The van der Waals surface area contributed by atoms with E-state index in [1.807, 2.05) is 0 Å². The second kappa shape index (κ2) is 6.50. The highest BCUT2D eigenvalue weighted by Gasteiger charge is 2.78. The first kappa shape index (κ1) is 21.1. The number of hydrogen-bond acceptors (Lipinski definition) is 6. The molecule has 6 fully saturated rings. The summed E-state index contributed by atoms with van der Waals surface area (Å²) < 4.78 is 11.8. The minimum Gasteiger partial charge on any atom is -0.462 e. The molecular formula is C28H32O6. The number of ketones is 2. The van der Waals surface area contributed by atoms with Gasteiger partial charge in [-0.25, -0.2) is 4.79 Å². The molecule has 12 atom stereocenters. The van der Waals surface area contributed by atoms with E-state index in [-0.39, 0.29) is 83.1 Å². The van der Waals surface area contributed by atoms with Gasteiger partial charge in [-0.2, -0.15) is 0 Å². The Morgan fingerprint density at radius 1 is 0.941 bits per heavy atom. The highest BCUT2D eigenvalue weighted by atomic mass is 16.6. The van der Waals surface area contributed by atoms with Gasteiger partial charge in [-0.15, -0.1) is 0 Å². The van der Waals surface area contributed by atoms with Crippen molar-refractivity contribution in [2.45, 2.75) is 64.6 Å². The molecule has 180 valence electrons. The first-order chi connectivity index (χ1) is 16.2. The van der Waals surface area contributed by atoms with E-state index in [1.165, 1.54) is 0 Å². The maximum absolute atomic E-state index is 13.8. The van der Waals surface area contributed by atoms with Crippen molar-refractivity contribution in [1.82, 2.24) is 0 Å². The molecule has 1 spiro atoms. The summed E-state index contributed by atoms with van der Waals surface area (Å²) in [6.07, 6.45) is 6.98. The lowest BCUT2D eigenvalue weighted by atomic mass is 9.59. The number of carbonyl (C=O) groups excluding carboxylic acids is 4. The standard InChI is InChI=1S/C28H32O6/c1-12-6-22-18(8-16-15(12)4-5-20(16)29)28(26(32)34-22)11-27-10-17-14(3)25(31)33-21(17)7-13(2)24(27)19(28)9-23(27)30/h4-5,12-13,15-19,21-22,24H,3,6-11H2,1-2H3/t12-,13-,15+,16-,17-,18+,19+,21-,22-,24-,27-,28+/m1/s1. The zero-order valence-electron chi connectivity index (χ0n) is 19.8. The number of hydrogen-bond donors (Lipinski definition) is 0. The molecule has 0 N–H and O–H groups in total. The Morgan fingerprint density at radius 2 is 1.71 bits per heavy atom. The predicted molar refractivity (Wildman–Crippen MR) is 120 cm³/mol. The van der Waals surface area contributed by atoms with Crippen LogP contribution in [0, 0.1) is 58.2 Å². The maximum atomic E-state index is 13.8. The summed E-state index contributed by atoms with van der Waals surface area (Å²) in [5, 5.41) is 0.